The summed E-state index contributed by atoms with van der Waals surface area (Å²) in [7, 11) is -1.31. The number of carboxylic acid groups (broad SMARTS) is 1. The van der Waals surface area contributed by atoms with Crippen LogP contribution in [0.4, 0.5) is 0 Å². The van der Waals surface area contributed by atoms with Crippen LogP contribution in [0.15, 0.2) is 40.6 Å². The number of rotatable bonds is 13. The fourth-order valence-electron chi connectivity index (χ4n) is 2.99. The first-order valence-corrected chi connectivity index (χ1v) is 12.4. The number of methoxy groups -OCH3 is 2. The van der Waals surface area contributed by atoms with Gasteiger partial charge < -0.3 is 19.9 Å². The zero-order valence-electron chi connectivity index (χ0n) is 18.2. The molecule has 3 N–H and O–H groups in total. The van der Waals surface area contributed by atoms with E-state index in [4.69, 9.17) is 9.47 Å². The molecule has 11 heteroatoms. The molecule has 2 atom stereocenters. The highest BCUT2D eigenvalue weighted by Crippen LogP contribution is 2.29. The molecule has 0 bridgehead atoms. The van der Waals surface area contributed by atoms with Gasteiger partial charge in [0.05, 0.1) is 19.1 Å². The number of carbonyl (C=O) groups is 2. The normalized spacial score (nSPS) is 13.2. The van der Waals surface area contributed by atoms with E-state index in [1.165, 1.54) is 43.8 Å². The van der Waals surface area contributed by atoms with Crippen LogP contribution in [-0.4, -0.2) is 51.7 Å². The number of benzene rings is 1. The van der Waals surface area contributed by atoms with Gasteiger partial charge in [0.25, 0.3) is 0 Å². The van der Waals surface area contributed by atoms with Crippen molar-refractivity contribution in [3.63, 3.8) is 0 Å². The second kappa shape index (κ2) is 11.8. The third-order valence-corrected chi connectivity index (χ3v) is 7.09. The van der Waals surface area contributed by atoms with E-state index in [0.717, 1.165) is 11.3 Å². The largest absolute Gasteiger partial charge is 0.493 e. The first-order chi connectivity index (χ1) is 15.2. The van der Waals surface area contributed by atoms with Crippen LogP contribution < -0.4 is 19.5 Å². The standard InChI is InChI=1S/C21H28N2O7S2/c1-4-5-8-16(21(25)26)22-20(24)17(12-14-7-6-11-31-14)23-32(27,28)15-9-10-18(29-2)19(13-15)30-3/h6-7,9-11,13,16-17,23H,4-5,8,12H2,1-3H3,(H,22,24)(H,25,26)/t16-,17-/m0/s1. The molecule has 0 saturated carbocycles. The van der Waals surface area contributed by atoms with Crippen molar-refractivity contribution in [3.05, 3.63) is 40.6 Å². The Kier molecular flexibility index (Phi) is 9.48. The lowest BCUT2D eigenvalue weighted by Gasteiger charge is -2.21. The van der Waals surface area contributed by atoms with E-state index >= 15 is 0 Å². The van der Waals surface area contributed by atoms with Gasteiger partial charge in [0.2, 0.25) is 15.9 Å². The summed E-state index contributed by atoms with van der Waals surface area (Å²) in [5.74, 6) is -1.28. The maximum absolute atomic E-state index is 13.0. The number of ether oxygens (including phenoxy) is 2. The molecule has 2 aromatic rings. The van der Waals surface area contributed by atoms with Crippen molar-refractivity contribution >= 4 is 33.2 Å². The third kappa shape index (κ3) is 6.94. The van der Waals surface area contributed by atoms with Crippen molar-refractivity contribution in [2.45, 2.75) is 49.6 Å². The van der Waals surface area contributed by atoms with E-state index in [2.05, 4.69) is 10.0 Å². The van der Waals surface area contributed by atoms with Crippen LogP contribution in [-0.2, 0) is 26.0 Å². The first-order valence-electron chi connectivity index (χ1n) is 10.0. The van der Waals surface area contributed by atoms with Gasteiger partial charge in [-0.1, -0.05) is 25.8 Å². The molecule has 0 aliphatic carbocycles. The molecule has 1 heterocycles. The summed E-state index contributed by atoms with van der Waals surface area (Å²) in [5, 5.41) is 13.7. The highest BCUT2D eigenvalue weighted by molar-refractivity contribution is 7.89. The Balaban J connectivity index is 2.29. The van der Waals surface area contributed by atoms with Gasteiger partial charge in [-0.05, 0) is 30.0 Å². The van der Waals surface area contributed by atoms with Crippen molar-refractivity contribution in [1.82, 2.24) is 10.0 Å². The minimum absolute atomic E-state index is 0.0795. The van der Waals surface area contributed by atoms with Gasteiger partial charge >= 0.3 is 5.97 Å². The number of carbonyl (C=O) groups excluding carboxylic acids is 1. The summed E-state index contributed by atoms with van der Waals surface area (Å²) < 4.78 is 38.8. The second-order valence-corrected chi connectivity index (χ2v) is 9.76. The van der Waals surface area contributed by atoms with Crippen molar-refractivity contribution in [3.8, 4) is 11.5 Å². The Morgan fingerprint density at radius 3 is 2.41 bits per heavy atom. The molecule has 0 spiro atoms. The minimum Gasteiger partial charge on any atom is -0.493 e. The molecule has 2 rings (SSSR count). The lowest BCUT2D eigenvalue weighted by atomic mass is 10.1. The zero-order valence-corrected chi connectivity index (χ0v) is 19.8. The Morgan fingerprint density at radius 1 is 1.12 bits per heavy atom. The monoisotopic (exact) mass is 484 g/mol. The number of sulfonamides is 1. The van der Waals surface area contributed by atoms with Crippen molar-refractivity contribution in [2.24, 2.45) is 0 Å². The molecule has 0 aliphatic rings. The fourth-order valence-corrected chi connectivity index (χ4v) is 4.96. The first kappa shape index (κ1) is 25.6. The molecule has 176 valence electrons. The number of amides is 1. The quantitative estimate of drug-likeness (QED) is 0.398. The smallest absolute Gasteiger partial charge is 0.326 e. The Bertz CT molecular complexity index is 1010. The lowest BCUT2D eigenvalue weighted by Crippen LogP contribution is -2.52. The van der Waals surface area contributed by atoms with Gasteiger partial charge in [-0.3, -0.25) is 4.79 Å². The van der Waals surface area contributed by atoms with E-state index in [0.29, 0.717) is 12.2 Å². The molecule has 0 fully saturated rings. The van der Waals surface area contributed by atoms with E-state index in [1.807, 2.05) is 12.3 Å². The maximum atomic E-state index is 13.0. The van der Waals surface area contributed by atoms with E-state index in [-0.39, 0.29) is 23.5 Å². The lowest BCUT2D eigenvalue weighted by molar-refractivity contribution is -0.142. The Labute approximate surface area is 191 Å². The summed E-state index contributed by atoms with van der Waals surface area (Å²) >= 11 is 1.37. The van der Waals surface area contributed by atoms with Gasteiger partial charge in [-0.2, -0.15) is 4.72 Å². The summed E-state index contributed by atoms with van der Waals surface area (Å²) in [6, 6.07) is 5.36. The van der Waals surface area contributed by atoms with Crippen LogP contribution in [0, 0.1) is 0 Å². The van der Waals surface area contributed by atoms with Gasteiger partial charge in [0.15, 0.2) is 11.5 Å². The maximum Gasteiger partial charge on any atom is 0.326 e. The summed E-state index contributed by atoms with van der Waals surface area (Å²) in [6.07, 6.45) is 1.72. The number of aliphatic carboxylic acids is 1. The number of hydrogen-bond acceptors (Lipinski definition) is 7. The summed E-state index contributed by atoms with van der Waals surface area (Å²) in [4.78, 5) is 25.1. The molecule has 0 radical (unpaired) electrons. The van der Waals surface area contributed by atoms with Crippen molar-refractivity contribution < 1.29 is 32.6 Å². The number of unbranched alkanes of at least 4 members (excludes halogenated alkanes) is 1. The molecule has 1 amide bonds. The van der Waals surface area contributed by atoms with E-state index in [9.17, 15) is 23.1 Å². The molecule has 0 unspecified atom stereocenters. The SMILES string of the molecule is CCCC[C@H](NC(=O)[C@H](Cc1cccs1)NS(=O)(=O)c1ccc(OC)c(OC)c1)C(=O)O. The van der Waals surface area contributed by atoms with Crippen LogP contribution >= 0.6 is 11.3 Å². The highest BCUT2D eigenvalue weighted by Gasteiger charge is 2.30. The van der Waals surface area contributed by atoms with E-state index < -0.39 is 34.0 Å². The molecule has 32 heavy (non-hydrogen) atoms. The molecule has 9 nitrogen and oxygen atoms in total. The van der Waals surface area contributed by atoms with Gasteiger partial charge in [-0.25, -0.2) is 13.2 Å². The van der Waals surface area contributed by atoms with Gasteiger partial charge in [0.1, 0.15) is 12.1 Å². The topological polar surface area (TPSA) is 131 Å². The molecule has 0 aliphatic heterocycles. The van der Waals surface area contributed by atoms with Crippen LogP contribution in [0.3, 0.4) is 0 Å². The number of nitrogens with one attached hydrogen (secondary N) is 2. The molecule has 1 aromatic heterocycles. The van der Waals surface area contributed by atoms with Crippen molar-refractivity contribution in [2.75, 3.05) is 14.2 Å². The highest BCUT2D eigenvalue weighted by atomic mass is 32.2. The third-order valence-electron chi connectivity index (χ3n) is 4.73. The minimum atomic E-state index is -4.13. The molecule has 1 aromatic carbocycles. The predicted octanol–water partition coefficient (Wildman–Crippen LogP) is 2.41. The molecular formula is C21H28N2O7S2. The number of hydrogen-bond donors (Lipinski definition) is 3. The van der Waals surface area contributed by atoms with Gasteiger partial charge in [-0.15, -0.1) is 11.3 Å². The Hall–Kier alpha value is -2.63. The second-order valence-electron chi connectivity index (χ2n) is 7.02. The summed E-state index contributed by atoms with van der Waals surface area (Å²) in [5.41, 5.74) is 0. The number of carboxylic acids is 1. The zero-order chi connectivity index (χ0) is 23.7. The van der Waals surface area contributed by atoms with Crippen LogP contribution in [0.5, 0.6) is 11.5 Å². The average molecular weight is 485 g/mol. The average Bonchev–Trinajstić information content (AvgIpc) is 3.28. The summed E-state index contributed by atoms with van der Waals surface area (Å²) in [6.45, 7) is 1.91. The Morgan fingerprint density at radius 2 is 1.84 bits per heavy atom. The van der Waals surface area contributed by atoms with Crippen LogP contribution in [0.1, 0.15) is 31.1 Å². The molecule has 0 saturated heterocycles. The van der Waals surface area contributed by atoms with Crippen LogP contribution in [0.2, 0.25) is 0 Å². The fraction of sp³-hybridized carbons (Fsp3) is 0.429. The van der Waals surface area contributed by atoms with Crippen LogP contribution in [0.25, 0.3) is 0 Å². The molecular weight excluding hydrogens is 456 g/mol. The van der Waals surface area contributed by atoms with E-state index in [1.54, 1.807) is 12.1 Å². The van der Waals surface area contributed by atoms with Gasteiger partial charge in [0, 0.05) is 17.4 Å². The predicted molar refractivity (Wildman–Crippen MR) is 121 cm³/mol. The van der Waals surface area contributed by atoms with Crippen molar-refractivity contribution in [1.29, 1.82) is 0 Å². The number of thiophene rings is 1.